The van der Waals surface area contributed by atoms with Gasteiger partial charge in [0.25, 0.3) is 0 Å². The smallest absolute Gasteiger partial charge is 0.333 e. The Kier molecular flexibility index (Phi) is 10.1. The second kappa shape index (κ2) is 9.16. The van der Waals surface area contributed by atoms with Gasteiger partial charge in [0.1, 0.15) is 0 Å². The zero-order valence-corrected chi connectivity index (χ0v) is 14.8. The van der Waals surface area contributed by atoms with Crippen LogP contribution in [-0.2, 0) is 35.5 Å². The Morgan fingerprint density at radius 1 is 1.00 bits per heavy atom. The fraction of sp³-hybridized carbons (Fsp3) is 1.00. The summed E-state index contributed by atoms with van der Waals surface area (Å²) in [5, 5.41) is 0. The second-order valence-corrected chi connectivity index (χ2v) is 10.5. The number of hydrogen-bond donors (Lipinski definition) is 0. The van der Waals surface area contributed by atoms with Crippen LogP contribution in [-0.4, -0.2) is 53.3 Å². The van der Waals surface area contributed by atoms with E-state index in [4.69, 9.17) is 0 Å². The molecule has 2 N–H and O–H groups in total. The molecule has 0 rings (SSSR count). The van der Waals surface area contributed by atoms with Gasteiger partial charge >= 0.3 is 3.60 Å². The largest absolute Gasteiger partial charge is 0.769 e. The molecular weight excluding hydrogens is 344 g/mol. The highest BCUT2D eigenvalue weighted by Gasteiger charge is 2.56. The highest BCUT2D eigenvalue weighted by Crippen LogP contribution is 2.32. The molecule has 0 bridgehead atoms. The van der Waals surface area contributed by atoms with Crippen molar-refractivity contribution in [1.29, 1.82) is 0 Å². The first-order chi connectivity index (χ1) is 9.13. The van der Waals surface area contributed by atoms with Crippen LogP contribution in [0.15, 0.2) is 0 Å². The van der Waals surface area contributed by atoms with Gasteiger partial charge in [-0.2, -0.15) is 0 Å². The first-order valence-corrected chi connectivity index (χ1v) is 10.6. The molecule has 1 atom stereocenters. The van der Waals surface area contributed by atoms with Crippen LogP contribution in [0.4, 0.5) is 0 Å². The zero-order chi connectivity index (χ0) is 16.0. The fourth-order valence-corrected chi connectivity index (χ4v) is 8.33. The maximum atomic E-state index is 12.2. The number of hydrogen-bond acceptors (Lipinski definition) is 7. The van der Waals surface area contributed by atoms with Crippen molar-refractivity contribution in [3.8, 4) is 0 Å². The van der Waals surface area contributed by atoms with E-state index in [1.165, 1.54) is 0 Å². The van der Waals surface area contributed by atoms with Gasteiger partial charge in [-0.15, -0.1) is 0 Å². The molecule has 11 heteroatoms. The molecule has 0 aliphatic carbocycles. The van der Waals surface area contributed by atoms with Gasteiger partial charge in [0.15, 0.2) is 0 Å². The minimum absolute atomic E-state index is 0. The van der Waals surface area contributed by atoms with E-state index in [2.05, 4.69) is 4.74 Å². The van der Waals surface area contributed by atoms with Gasteiger partial charge in [0.2, 0.25) is 19.7 Å². The SMILES string of the molecule is CCCCS(=O)(=O)C(OC)(S(=O)[O-])S(=O)(=O)CCCC.O. The van der Waals surface area contributed by atoms with E-state index in [-0.39, 0.29) is 18.3 Å². The Morgan fingerprint density at radius 2 is 1.33 bits per heavy atom. The molecule has 0 aromatic carbocycles. The van der Waals surface area contributed by atoms with Crippen LogP contribution in [0.2, 0.25) is 0 Å². The van der Waals surface area contributed by atoms with Crippen molar-refractivity contribution < 1.29 is 35.8 Å². The van der Waals surface area contributed by atoms with Crippen LogP contribution < -0.4 is 0 Å². The van der Waals surface area contributed by atoms with Crippen LogP contribution in [0.25, 0.3) is 0 Å². The van der Waals surface area contributed by atoms with E-state index in [9.17, 15) is 25.6 Å². The van der Waals surface area contributed by atoms with Crippen molar-refractivity contribution in [2.45, 2.75) is 43.1 Å². The Balaban J connectivity index is 0. The van der Waals surface area contributed by atoms with Crippen LogP contribution in [0.3, 0.4) is 0 Å². The third-order valence-electron chi connectivity index (χ3n) is 2.75. The van der Waals surface area contributed by atoms with Gasteiger partial charge in [-0.3, -0.25) is 4.21 Å². The summed E-state index contributed by atoms with van der Waals surface area (Å²) in [4.78, 5) is 0. The molecular formula is C10H23O8S3-. The second-order valence-electron chi connectivity index (χ2n) is 4.28. The number of rotatable bonds is 10. The van der Waals surface area contributed by atoms with Gasteiger partial charge in [-0.1, -0.05) is 26.7 Å². The molecule has 0 spiro atoms. The molecule has 0 saturated carbocycles. The van der Waals surface area contributed by atoms with Crippen molar-refractivity contribution in [3.63, 3.8) is 0 Å². The molecule has 0 aromatic rings. The van der Waals surface area contributed by atoms with E-state index in [0.29, 0.717) is 12.8 Å². The molecule has 0 heterocycles. The summed E-state index contributed by atoms with van der Waals surface area (Å²) < 4.78 is 72.9. The maximum Gasteiger partial charge on any atom is 0.333 e. The van der Waals surface area contributed by atoms with Crippen molar-refractivity contribution in [2.75, 3.05) is 18.6 Å². The van der Waals surface area contributed by atoms with Crippen LogP contribution in [0, 0.1) is 0 Å². The summed E-state index contributed by atoms with van der Waals surface area (Å²) in [7, 11) is -8.23. The van der Waals surface area contributed by atoms with E-state index in [0.717, 1.165) is 7.11 Å². The van der Waals surface area contributed by atoms with Gasteiger partial charge in [0.05, 0.1) is 11.5 Å². The normalized spacial score (nSPS) is 14.5. The minimum atomic E-state index is -4.51. The molecule has 0 aromatic heterocycles. The predicted molar refractivity (Wildman–Crippen MR) is 79.7 cm³/mol. The molecule has 130 valence electrons. The number of unbranched alkanes of at least 4 members (excludes halogenated alkanes) is 2. The monoisotopic (exact) mass is 367 g/mol. The summed E-state index contributed by atoms with van der Waals surface area (Å²) >= 11 is -3.46. The molecule has 0 radical (unpaired) electrons. The Labute approximate surface area is 128 Å². The van der Waals surface area contributed by atoms with E-state index >= 15 is 0 Å². The van der Waals surface area contributed by atoms with Crippen LogP contribution in [0.5, 0.6) is 0 Å². The zero-order valence-electron chi connectivity index (χ0n) is 12.3. The molecule has 1 unspecified atom stereocenters. The quantitative estimate of drug-likeness (QED) is 0.482. The number of ether oxygens (including phenoxy) is 1. The highest BCUT2D eigenvalue weighted by atomic mass is 32.3. The maximum absolute atomic E-state index is 12.2. The number of methoxy groups -OCH3 is 1. The first kappa shape index (κ1) is 23.2. The lowest BCUT2D eigenvalue weighted by Crippen LogP contribution is -2.53. The fourth-order valence-electron chi connectivity index (χ4n) is 1.64. The molecule has 0 saturated heterocycles. The Morgan fingerprint density at radius 3 is 1.52 bits per heavy atom. The van der Waals surface area contributed by atoms with Crippen molar-refractivity contribution in [1.82, 2.24) is 0 Å². The lowest BCUT2D eigenvalue weighted by molar-refractivity contribution is 0.181. The van der Waals surface area contributed by atoms with Gasteiger partial charge in [-0.05, 0) is 12.8 Å². The summed E-state index contributed by atoms with van der Waals surface area (Å²) in [6.45, 7) is 3.42. The van der Waals surface area contributed by atoms with Crippen LogP contribution >= 0.6 is 0 Å². The van der Waals surface area contributed by atoms with Crippen molar-refractivity contribution in [2.24, 2.45) is 0 Å². The van der Waals surface area contributed by atoms with Gasteiger partial charge in [-0.25, -0.2) is 16.8 Å². The highest BCUT2D eigenvalue weighted by molar-refractivity contribution is 8.22. The lowest BCUT2D eigenvalue weighted by atomic mass is 10.4. The summed E-state index contributed by atoms with van der Waals surface area (Å²) in [6.07, 6.45) is 1.29. The molecule has 0 amide bonds. The standard InChI is InChI=1S/C10H22O7S3.H2O/c1-4-6-8-19(13,14)10(17-3,18(11)12)20(15,16)9-7-5-2;/h4-9H2,1-3H3,(H,11,12);1H2/p-1. The summed E-state index contributed by atoms with van der Waals surface area (Å²) in [5.74, 6) is -1.12. The molecule has 8 nitrogen and oxygen atoms in total. The van der Waals surface area contributed by atoms with Crippen molar-refractivity contribution in [3.05, 3.63) is 0 Å². The van der Waals surface area contributed by atoms with E-state index in [1.807, 2.05) is 0 Å². The number of sulfone groups is 2. The average Bonchev–Trinajstić information content (AvgIpc) is 2.34. The third kappa shape index (κ3) is 4.70. The van der Waals surface area contributed by atoms with Crippen LogP contribution in [0.1, 0.15) is 39.5 Å². The molecule has 0 fully saturated rings. The predicted octanol–water partition coefficient (Wildman–Crippen LogP) is -0.272. The molecule has 21 heavy (non-hydrogen) atoms. The van der Waals surface area contributed by atoms with Crippen molar-refractivity contribution >= 4 is 30.8 Å². The van der Waals surface area contributed by atoms with E-state index < -0.39 is 45.9 Å². The van der Waals surface area contributed by atoms with Gasteiger partial charge in [0, 0.05) is 18.2 Å². The third-order valence-corrected chi connectivity index (χ3v) is 10.7. The lowest BCUT2D eigenvalue weighted by Gasteiger charge is -2.32. The summed E-state index contributed by atoms with van der Waals surface area (Å²) in [5.41, 5.74) is 0. The molecule has 0 aliphatic rings. The van der Waals surface area contributed by atoms with Gasteiger partial charge < -0.3 is 14.8 Å². The topological polar surface area (TPSA) is 149 Å². The summed E-state index contributed by atoms with van der Waals surface area (Å²) in [6, 6.07) is 0. The molecule has 0 aliphatic heterocycles. The first-order valence-electron chi connectivity index (χ1n) is 6.22. The average molecular weight is 367 g/mol. The Bertz CT molecular complexity index is 485. The minimum Gasteiger partial charge on any atom is -0.769 e. The Hall–Kier alpha value is -0.0700. The van der Waals surface area contributed by atoms with E-state index in [1.54, 1.807) is 13.8 Å².